The Morgan fingerprint density at radius 3 is 2.47 bits per heavy atom. The van der Waals surface area contributed by atoms with Gasteiger partial charge in [-0.3, -0.25) is 14.3 Å². The van der Waals surface area contributed by atoms with Gasteiger partial charge in [0.15, 0.2) is 0 Å². The summed E-state index contributed by atoms with van der Waals surface area (Å²) in [6.45, 7) is 8.08. The molecule has 0 bridgehead atoms. The number of aromatic nitrogens is 2. The molecule has 194 valence electrons. The normalized spacial score (nSPS) is 20.5. The predicted molar refractivity (Wildman–Crippen MR) is 139 cm³/mol. The number of nitrogens with one attached hydrogen (secondary N) is 2. The maximum absolute atomic E-state index is 13.4. The van der Waals surface area contributed by atoms with Gasteiger partial charge in [0.25, 0.3) is 11.8 Å². The van der Waals surface area contributed by atoms with Crippen molar-refractivity contribution in [3.63, 3.8) is 0 Å². The number of hydrogen-bond acceptors (Lipinski definition) is 5. The largest absolute Gasteiger partial charge is 0.342 e. The van der Waals surface area contributed by atoms with Crippen LogP contribution >= 0.6 is 0 Å². The van der Waals surface area contributed by atoms with E-state index in [9.17, 15) is 18.0 Å². The van der Waals surface area contributed by atoms with Gasteiger partial charge in [-0.1, -0.05) is 44.0 Å². The quantitative estimate of drug-likeness (QED) is 0.369. The van der Waals surface area contributed by atoms with Crippen molar-refractivity contribution in [1.29, 1.82) is 0 Å². The third kappa shape index (κ3) is 5.56. The molecule has 4 rings (SSSR count). The summed E-state index contributed by atoms with van der Waals surface area (Å²) < 4.78 is 28.8. The summed E-state index contributed by atoms with van der Waals surface area (Å²) in [4.78, 5) is 26.6. The van der Waals surface area contributed by atoms with Gasteiger partial charge in [-0.2, -0.15) is 5.10 Å². The molecule has 1 aliphatic carbocycles. The second-order valence-corrected chi connectivity index (χ2v) is 12.4. The zero-order valence-electron chi connectivity index (χ0n) is 21.5. The molecule has 2 N–H and O–H groups in total. The number of hydrogen-bond donors (Lipinski definition) is 2. The number of nitrogens with zero attached hydrogens (tertiary/aromatic N) is 2. The second-order valence-electron chi connectivity index (χ2n) is 10.4. The number of aryl methyl sites for hydroxylation is 1. The second kappa shape index (κ2) is 10.2. The van der Waals surface area contributed by atoms with Crippen molar-refractivity contribution in [3.8, 4) is 0 Å². The third-order valence-electron chi connectivity index (χ3n) is 6.98. The molecule has 36 heavy (non-hydrogen) atoms. The molecule has 1 atom stereocenters. The molecule has 2 aromatic rings. The van der Waals surface area contributed by atoms with E-state index in [0.29, 0.717) is 30.5 Å². The van der Waals surface area contributed by atoms with Crippen LogP contribution < -0.4 is 10.0 Å². The van der Waals surface area contributed by atoms with Crippen LogP contribution in [-0.2, 0) is 31.6 Å². The fourth-order valence-electron chi connectivity index (χ4n) is 4.62. The highest BCUT2D eigenvalue weighted by Gasteiger charge is 2.43. The van der Waals surface area contributed by atoms with Crippen LogP contribution in [0.15, 0.2) is 42.1 Å². The van der Waals surface area contributed by atoms with E-state index < -0.39 is 32.6 Å². The highest BCUT2D eigenvalue weighted by atomic mass is 32.2. The van der Waals surface area contributed by atoms with Gasteiger partial charge in [0.2, 0.25) is 10.0 Å². The molecule has 9 heteroatoms. The molecule has 0 unspecified atom stereocenters. The monoisotopic (exact) mass is 512 g/mol. The van der Waals surface area contributed by atoms with Gasteiger partial charge in [0.1, 0.15) is 5.57 Å². The smallest absolute Gasteiger partial charge is 0.270 e. The molecule has 8 nitrogen and oxygen atoms in total. The Kier molecular flexibility index (Phi) is 7.41. The number of benzene rings is 1. The summed E-state index contributed by atoms with van der Waals surface area (Å²) >= 11 is 0. The van der Waals surface area contributed by atoms with Crippen LogP contribution in [-0.4, -0.2) is 35.3 Å². The van der Waals surface area contributed by atoms with Crippen molar-refractivity contribution in [1.82, 2.24) is 19.8 Å². The SMILES string of the molecule is CCCCCc1ccc([C@]2(C)CC(c3ccn(C(C)C)n3)=C(C(=O)NS(=O)(=O)C3CC3)C(=O)N2)cc1. The van der Waals surface area contributed by atoms with E-state index in [0.717, 1.165) is 18.4 Å². The molecule has 0 radical (unpaired) electrons. The van der Waals surface area contributed by atoms with E-state index in [2.05, 4.69) is 34.2 Å². The summed E-state index contributed by atoms with van der Waals surface area (Å²) in [6.07, 6.45) is 7.65. The third-order valence-corrected chi connectivity index (χ3v) is 8.80. The summed E-state index contributed by atoms with van der Waals surface area (Å²) in [5.74, 6) is -1.50. The summed E-state index contributed by atoms with van der Waals surface area (Å²) in [5, 5.41) is 7.02. The van der Waals surface area contributed by atoms with Crippen molar-refractivity contribution >= 4 is 27.4 Å². The van der Waals surface area contributed by atoms with Crippen molar-refractivity contribution in [2.75, 3.05) is 0 Å². The number of amides is 2. The Hall–Kier alpha value is -2.94. The highest BCUT2D eigenvalue weighted by Crippen LogP contribution is 2.38. The van der Waals surface area contributed by atoms with Crippen LogP contribution in [0.3, 0.4) is 0 Å². The van der Waals surface area contributed by atoms with Crippen LogP contribution in [0.1, 0.15) is 89.1 Å². The topological polar surface area (TPSA) is 110 Å². The van der Waals surface area contributed by atoms with E-state index in [4.69, 9.17) is 0 Å². The average molecular weight is 513 g/mol. The molecule has 0 spiro atoms. The van der Waals surface area contributed by atoms with Gasteiger partial charge in [0.05, 0.1) is 16.5 Å². The van der Waals surface area contributed by atoms with Gasteiger partial charge in [-0.15, -0.1) is 0 Å². The summed E-state index contributed by atoms with van der Waals surface area (Å²) in [6, 6.07) is 10.1. The summed E-state index contributed by atoms with van der Waals surface area (Å²) in [7, 11) is -3.81. The van der Waals surface area contributed by atoms with Crippen LogP contribution in [0.4, 0.5) is 0 Å². The molecule has 1 aromatic heterocycles. The molecule has 1 fully saturated rings. The van der Waals surface area contributed by atoms with Gasteiger partial charge in [-0.25, -0.2) is 13.1 Å². The van der Waals surface area contributed by atoms with Crippen molar-refractivity contribution in [3.05, 3.63) is 58.9 Å². The fraction of sp³-hybridized carbons (Fsp3) is 0.519. The minimum Gasteiger partial charge on any atom is -0.342 e. The van der Waals surface area contributed by atoms with Gasteiger partial charge >= 0.3 is 0 Å². The Balaban J connectivity index is 1.69. The minimum absolute atomic E-state index is 0.0934. The first-order valence-corrected chi connectivity index (χ1v) is 14.4. The lowest BCUT2D eigenvalue weighted by molar-refractivity contribution is -0.124. The van der Waals surface area contributed by atoms with Gasteiger partial charge in [-0.05, 0) is 63.6 Å². The first-order valence-electron chi connectivity index (χ1n) is 12.8. The van der Waals surface area contributed by atoms with Crippen LogP contribution in [0.2, 0.25) is 0 Å². The Morgan fingerprint density at radius 1 is 1.19 bits per heavy atom. The number of carbonyl (C=O) groups is 2. The molecular formula is C27H36N4O4S. The Morgan fingerprint density at radius 2 is 1.89 bits per heavy atom. The zero-order chi connectivity index (χ0) is 26.1. The molecule has 2 aliphatic rings. The molecule has 2 amide bonds. The van der Waals surface area contributed by atoms with E-state index in [1.165, 1.54) is 18.4 Å². The van der Waals surface area contributed by atoms with Gasteiger partial charge < -0.3 is 5.32 Å². The number of carbonyl (C=O) groups excluding carboxylic acids is 2. The lowest BCUT2D eigenvalue weighted by atomic mass is 9.79. The average Bonchev–Trinajstić information content (AvgIpc) is 3.56. The first-order chi connectivity index (χ1) is 17.0. The van der Waals surface area contributed by atoms with Crippen molar-refractivity contribution in [2.24, 2.45) is 0 Å². The van der Waals surface area contributed by atoms with Crippen LogP contribution in [0, 0.1) is 0 Å². The number of sulfonamides is 1. The molecule has 1 aromatic carbocycles. The maximum Gasteiger partial charge on any atom is 0.270 e. The van der Waals surface area contributed by atoms with Crippen LogP contribution in [0.25, 0.3) is 5.57 Å². The standard InChI is InChI=1S/C27H36N4O4S/c1-5-6-7-8-19-9-11-20(12-10-19)27(4)17-22(23-15-16-31(29-23)18(2)3)24(25(32)28-27)26(33)30-36(34,35)21-13-14-21/h9-12,15-16,18,21H,5-8,13-14,17H2,1-4H3,(H,28,32)(H,30,33)/t27-/m0/s1. The zero-order valence-corrected chi connectivity index (χ0v) is 22.3. The molecule has 1 saturated carbocycles. The molecule has 1 aliphatic heterocycles. The lowest BCUT2D eigenvalue weighted by Crippen LogP contribution is -2.51. The maximum atomic E-state index is 13.4. The molecule has 0 saturated heterocycles. The van der Waals surface area contributed by atoms with E-state index in [-0.39, 0.29) is 11.6 Å². The van der Waals surface area contributed by atoms with Crippen LogP contribution in [0.5, 0.6) is 0 Å². The van der Waals surface area contributed by atoms with Crippen molar-refractivity contribution in [2.45, 2.75) is 89.5 Å². The number of unbranched alkanes of at least 4 members (excludes halogenated alkanes) is 2. The van der Waals surface area contributed by atoms with Crippen molar-refractivity contribution < 1.29 is 18.0 Å². The van der Waals surface area contributed by atoms with E-state index >= 15 is 0 Å². The first kappa shape index (κ1) is 26.1. The molecule has 2 heterocycles. The van der Waals surface area contributed by atoms with E-state index in [1.54, 1.807) is 16.9 Å². The lowest BCUT2D eigenvalue weighted by Gasteiger charge is -2.37. The van der Waals surface area contributed by atoms with E-state index in [1.807, 2.05) is 32.9 Å². The molecular weight excluding hydrogens is 476 g/mol. The van der Waals surface area contributed by atoms with Gasteiger partial charge in [0, 0.05) is 24.2 Å². The highest BCUT2D eigenvalue weighted by molar-refractivity contribution is 7.91. The predicted octanol–water partition coefficient (Wildman–Crippen LogP) is 3.99. The number of rotatable bonds is 10. The minimum atomic E-state index is -3.81. The Labute approximate surface area is 213 Å². The summed E-state index contributed by atoms with van der Waals surface area (Å²) in [5.41, 5.74) is 2.12. The fourth-order valence-corrected chi connectivity index (χ4v) is 5.90. The Bertz CT molecular complexity index is 1270.